The Morgan fingerprint density at radius 2 is 0.909 bits per heavy atom. The largest absolute Gasteiger partial charge is 0.0888 e. The topological polar surface area (TPSA) is 0 Å². The van der Waals surface area contributed by atoms with Gasteiger partial charge in [0, 0.05) is 9.79 Å². The van der Waals surface area contributed by atoms with Crippen molar-refractivity contribution in [3.63, 3.8) is 0 Å². The quantitative estimate of drug-likeness (QED) is 0.232. The second kappa shape index (κ2) is 11.9. The lowest BCUT2D eigenvalue weighted by Crippen LogP contribution is -1.95. The number of aryl methyl sites for hydroxylation is 2. The first kappa shape index (κ1) is 23.4. The predicted octanol–water partition coefficient (Wildman–Crippen LogP) is 9.86. The first-order chi connectivity index (χ1) is 16.3. The Hall–Kier alpha value is -2.77. The molecule has 4 aromatic rings. The van der Waals surface area contributed by atoms with Crippen molar-refractivity contribution >= 4 is 11.8 Å². The second-order valence-corrected chi connectivity index (χ2v) is 9.71. The van der Waals surface area contributed by atoms with Gasteiger partial charge in [-0.05, 0) is 71.2 Å². The lowest BCUT2D eigenvalue weighted by molar-refractivity contribution is 0.794. The molecule has 0 saturated carbocycles. The Morgan fingerprint density at radius 3 is 1.30 bits per heavy atom. The molecule has 0 heterocycles. The van der Waals surface area contributed by atoms with E-state index in [-0.39, 0.29) is 0 Å². The predicted molar refractivity (Wildman–Crippen MR) is 145 cm³/mol. The van der Waals surface area contributed by atoms with Crippen LogP contribution in [0.2, 0.25) is 0 Å². The van der Waals surface area contributed by atoms with Gasteiger partial charge in [0.25, 0.3) is 0 Å². The minimum absolute atomic E-state index is 1.12. The van der Waals surface area contributed by atoms with E-state index in [0.717, 1.165) is 12.8 Å². The Labute approximate surface area is 204 Å². The van der Waals surface area contributed by atoms with Crippen LogP contribution in [0.25, 0.3) is 22.3 Å². The molecular formula is C32H34S. The van der Waals surface area contributed by atoms with Crippen LogP contribution in [0.15, 0.2) is 107 Å². The van der Waals surface area contributed by atoms with Crippen molar-refractivity contribution < 1.29 is 0 Å². The molecule has 0 aliphatic heterocycles. The molecule has 0 saturated heterocycles. The molecule has 0 unspecified atom stereocenters. The van der Waals surface area contributed by atoms with Gasteiger partial charge in [0.15, 0.2) is 0 Å². The number of hydrogen-bond donors (Lipinski definition) is 0. The van der Waals surface area contributed by atoms with E-state index in [1.54, 1.807) is 0 Å². The fourth-order valence-electron chi connectivity index (χ4n) is 4.46. The number of unbranched alkanes of at least 4 members (excludes halogenated alkanes) is 2. The molecule has 0 nitrogen and oxygen atoms in total. The van der Waals surface area contributed by atoms with Gasteiger partial charge in [-0.2, -0.15) is 0 Å². The summed E-state index contributed by atoms with van der Waals surface area (Å²) in [5.74, 6) is 0. The molecule has 33 heavy (non-hydrogen) atoms. The van der Waals surface area contributed by atoms with Crippen LogP contribution in [0.1, 0.15) is 50.7 Å². The fourth-order valence-corrected chi connectivity index (χ4v) is 5.69. The summed E-state index contributed by atoms with van der Waals surface area (Å²) in [6.45, 7) is 4.55. The number of hydrogen-bond acceptors (Lipinski definition) is 1. The van der Waals surface area contributed by atoms with Gasteiger partial charge in [0.2, 0.25) is 0 Å². The molecule has 0 aromatic heterocycles. The number of rotatable bonds is 10. The molecule has 0 spiro atoms. The molecule has 0 N–H and O–H groups in total. The highest BCUT2D eigenvalue weighted by atomic mass is 32.2. The molecule has 1 heteroatoms. The lowest BCUT2D eigenvalue weighted by Gasteiger charge is -2.18. The molecule has 0 bridgehead atoms. The van der Waals surface area contributed by atoms with Crippen molar-refractivity contribution in [2.24, 2.45) is 0 Å². The van der Waals surface area contributed by atoms with E-state index in [2.05, 4.69) is 111 Å². The fraction of sp³-hybridized carbons (Fsp3) is 0.250. The maximum absolute atomic E-state index is 2.32. The summed E-state index contributed by atoms with van der Waals surface area (Å²) >= 11 is 1.93. The van der Waals surface area contributed by atoms with Crippen molar-refractivity contribution in [2.75, 3.05) is 0 Å². The minimum atomic E-state index is 1.12. The summed E-state index contributed by atoms with van der Waals surface area (Å²) in [6.07, 6.45) is 7.10. The zero-order valence-corrected chi connectivity index (χ0v) is 20.7. The molecule has 0 amide bonds. The SMILES string of the molecule is CCCCc1cccc(Sc2cccc(CCCC)c2-c2ccccc2)c1-c1ccccc1. The standard InChI is InChI=1S/C32H34S/c1-3-5-15-25-21-13-23-29(31(25)27-17-9-7-10-18-27)33-30-24-14-22-26(16-6-4-2)32(30)28-19-11-8-12-20-28/h7-14,17-24H,3-6,15-16H2,1-2H3. The van der Waals surface area contributed by atoms with Crippen molar-refractivity contribution in [3.8, 4) is 22.3 Å². The van der Waals surface area contributed by atoms with Crippen molar-refractivity contribution in [1.29, 1.82) is 0 Å². The zero-order chi connectivity index (χ0) is 22.9. The third-order valence-corrected chi connectivity index (χ3v) is 7.29. The number of benzene rings is 4. The van der Waals surface area contributed by atoms with Gasteiger partial charge in [-0.1, -0.05) is 123 Å². The van der Waals surface area contributed by atoms with Crippen LogP contribution >= 0.6 is 11.8 Å². The van der Waals surface area contributed by atoms with Gasteiger partial charge in [-0.25, -0.2) is 0 Å². The molecule has 0 atom stereocenters. The molecule has 0 aliphatic carbocycles. The van der Waals surface area contributed by atoms with Gasteiger partial charge >= 0.3 is 0 Å². The molecular weight excluding hydrogens is 416 g/mol. The molecule has 4 rings (SSSR count). The third-order valence-electron chi connectivity index (χ3n) is 6.17. The monoisotopic (exact) mass is 450 g/mol. The van der Waals surface area contributed by atoms with Gasteiger partial charge < -0.3 is 0 Å². The molecule has 0 aliphatic rings. The first-order valence-electron chi connectivity index (χ1n) is 12.3. The molecule has 0 fully saturated rings. The van der Waals surface area contributed by atoms with Crippen LogP contribution in [0.3, 0.4) is 0 Å². The van der Waals surface area contributed by atoms with Crippen LogP contribution in [-0.4, -0.2) is 0 Å². The van der Waals surface area contributed by atoms with Crippen molar-refractivity contribution in [3.05, 3.63) is 108 Å². The highest BCUT2D eigenvalue weighted by Gasteiger charge is 2.16. The Kier molecular flexibility index (Phi) is 8.44. The second-order valence-electron chi connectivity index (χ2n) is 8.62. The van der Waals surface area contributed by atoms with Crippen molar-refractivity contribution in [2.45, 2.75) is 62.2 Å². The van der Waals surface area contributed by atoms with Gasteiger partial charge in [0.05, 0.1) is 0 Å². The van der Waals surface area contributed by atoms with Gasteiger partial charge in [-0.3, -0.25) is 0 Å². The summed E-state index contributed by atoms with van der Waals surface area (Å²) < 4.78 is 0. The molecule has 0 radical (unpaired) electrons. The maximum Gasteiger partial charge on any atom is 0.0203 e. The average molecular weight is 451 g/mol. The Morgan fingerprint density at radius 1 is 0.485 bits per heavy atom. The highest BCUT2D eigenvalue weighted by molar-refractivity contribution is 7.99. The van der Waals surface area contributed by atoms with E-state index in [1.807, 2.05) is 11.8 Å². The van der Waals surface area contributed by atoms with E-state index in [4.69, 9.17) is 0 Å². The zero-order valence-electron chi connectivity index (χ0n) is 19.9. The molecule has 168 valence electrons. The summed E-state index contributed by atoms with van der Waals surface area (Å²) in [5.41, 5.74) is 8.34. The van der Waals surface area contributed by atoms with Gasteiger partial charge in [0.1, 0.15) is 0 Å². The van der Waals surface area contributed by atoms with E-state index in [1.165, 1.54) is 68.9 Å². The minimum Gasteiger partial charge on any atom is -0.0888 e. The van der Waals surface area contributed by atoms with Crippen LogP contribution in [0, 0.1) is 0 Å². The summed E-state index contributed by atoms with van der Waals surface area (Å²) in [7, 11) is 0. The smallest absolute Gasteiger partial charge is 0.0203 e. The van der Waals surface area contributed by atoms with Crippen molar-refractivity contribution in [1.82, 2.24) is 0 Å². The average Bonchev–Trinajstić information content (AvgIpc) is 2.87. The summed E-state index contributed by atoms with van der Waals surface area (Å²) in [5, 5.41) is 0. The lowest BCUT2D eigenvalue weighted by atomic mass is 9.96. The van der Waals surface area contributed by atoms with Crippen LogP contribution < -0.4 is 0 Å². The van der Waals surface area contributed by atoms with E-state index in [0.29, 0.717) is 0 Å². The van der Waals surface area contributed by atoms with E-state index >= 15 is 0 Å². The normalized spacial score (nSPS) is 11.0. The van der Waals surface area contributed by atoms with Crippen LogP contribution in [0.4, 0.5) is 0 Å². The van der Waals surface area contributed by atoms with Crippen LogP contribution in [0.5, 0.6) is 0 Å². The van der Waals surface area contributed by atoms with Gasteiger partial charge in [-0.15, -0.1) is 0 Å². The Bertz CT molecular complexity index is 1050. The van der Waals surface area contributed by atoms with Crippen LogP contribution in [-0.2, 0) is 12.8 Å². The molecule has 4 aromatic carbocycles. The Balaban J connectivity index is 1.83. The third kappa shape index (κ3) is 5.78. The summed E-state index contributed by atoms with van der Waals surface area (Å²) in [4.78, 5) is 2.69. The maximum atomic E-state index is 2.32. The first-order valence-corrected chi connectivity index (χ1v) is 13.2. The van der Waals surface area contributed by atoms with E-state index in [9.17, 15) is 0 Å². The summed E-state index contributed by atoms with van der Waals surface area (Å²) in [6, 6.07) is 35.6. The highest BCUT2D eigenvalue weighted by Crippen LogP contribution is 2.43. The van der Waals surface area contributed by atoms with E-state index < -0.39 is 0 Å².